The molecular weight excluding hydrogens is 261 g/mol. The average molecular weight is 279 g/mol. The summed E-state index contributed by atoms with van der Waals surface area (Å²) in [5.41, 5.74) is 1.37. The Morgan fingerprint density at radius 3 is 2.84 bits per heavy atom. The molecule has 1 aliphatic heterocycles. The summed E-state index contributed by atoms with van der Waals surface area (Å²) >= 11 is 5.33. The molecule has 1 N–H and O–H groups in total. The molecule has 1 fully saturated rings. The maximum absolute atomic E-state index is 13.7. The van der Waals surface area contributed by atoms with E-state index in [0.29, 0.717) is 16.3 Å². The number of likely N-dealkylation sites (tertiary alicyclic amines) is 1. The predicted molar refractivity (Wildman–Crippen MR) is 77.3 cm³/mol. The summed E-state index contributed by atoms with van der Waals surface area (Å²) in [6, 6.07) is 5.54. The van der Waals surface area contributed by atoms with Crippen molar-refractivity contribution in [3.8, 4) is 0 Å². The lowest BCUT2D eigenvalue weighted by Crippen LogP contribution is -2.33. The lowest BCUT2D eigenvalue weighted by molar-refractivity contribution is 0.237. The van der Waals surface area contributed by atoms with E-state index in [1.54, 1.807) is 6.07 Å². The van der Waals surface area contributed by atoms with Gasteiger partial charge >= 0.3 is 0 Å². The van der Waals surface area contributed by atoms with Crippen molar-refractivity contribution in [1.29, 1.82) is 0 Å². The highest BCUT2D eigenvalue weighted by Gasteiger charge is 2.19. The molecule has 2 aromatic rings. The number of nitrogens with one attached hydrogen (secondary N) is 1. The van der Waals surface area contributed by atoms with Crippen LogP contribution in [0.2, 0.25) is 0 Å². The van der Waals surface area contributed by atoms with Crippen molar-refractivity contribution in [3.05, 3.63) is 28.8 Å². The van der Waals surface area contributed by atoms with Crippen LogP contribution in [0.15, 0.2) is 18.2 Å². The Labute approximate surface area is 117 Å². The van der Waals surface area contributed by atoms with E-state index < -0.39 is 0 Å². The molecule has 1 aromatic carbocycles. The van der Waals surface area contributed by atoms with Crippen LogP contribution in [0.5, 0.6) is 0 Å². The molecule has 3 rings (SSSR count). The van der Waals surface area contributed by atoms with Crippen molar-refractivity contribution in [2.75, 3.05) is 13.1 Å². The average Bonchev–Trinajstić information content (AvgIpc) is 3.00. The zero-order valence-electron chi connectivity index (χ0n) is 11.0. The number of halogens is 1. The van der Waals surface area contributed by atoms with Crippen LogP contribution in [0, 0.1) is 10.6 Å². The van der Waals surface area contributed by atoms with Gasteiger partial charge in [0.15, 0.2) is 4.77 Å². The molecule has 1 unspecified atom stereocenters. The van der Waals surface area contributed by atoms with Gasteiger partial charge in [-0.3, -0.25) is 4.90 Å². The number of hydrogen-bond acceptors (Lipinski definition) is 2. The number of para-hydroxylation sites is 1. The number of fused-ring (bicyclic) bond motifs is 1. The van der Waals surface area contributed by atoms with E-state index in [9.17, 15) is 4.39 Å². The van der Waals surface area contributed by atoms with E-state index in [2.05, 4.69) is 16.8 Å². The second-order valence-electron chi connectivity index (χ2n) is 5.27. The van der Waals surface area contributed by atoms with Gasteiger partial charge in [-0.2, -0.15) is 0 Å². The van der Waals surface area contributed by atoms with Crippen molar-refractivity contribution in [1.82, 2.24) is 14.5 Å². The highest BCUT2D eigenvalue weighted by Crippen LogP contribution is 2.19. The van der Waals surface area contributed by atoms with E-state index in [0.717, 1.165) is 25.2 Å². The van der Waals surface area contributed by atoms with Crippen LogP contribution in [0.25, 0.3) is 11.0 Å². The van der Waals surface area contributed by atoms with Gasteiger partial charge in [-0.05, 0) is 57.2 Å². The van der Waals surface area contributed by atoms with E-state index >= 15 is 0 Å². The number of nitrogens with zero attached hydrogens (tertiary/aromatic N) is 2. The Morgan fingerprint density at radius 1 is 1.37 bits per heavy atom. The molecule has 1 aromatic heterocycles. The van der Waals surface area contributed by atoms with Crippen LogP contribution in [0.4, 0.5) is 4.39 Å². The Bertz CT molecular complexity index is 640. The first-order chi connectivity index (χ1) is 9.16. The van der Waals surface area contributed by atoms with Crippen molar-refractivity contribution in [2.45, 2.75) is 32.4 Å². The summed E-state index contributed by atoms with van der Waals surface area (Å²) in [6.45, 7) is 5.34. The Morgan fingerprint density at radius 2 is 2.11 bits per heavy atom. The van der Waals surface area contributed by atoms with Gasteiger partial charge in [0.25, 0.3) is 0 Å². The molecule has 0 aliphatic carbocycles. The third-order valence-corrected chi connectivity index (χ3v) is 4.29. The molecular formula is C14H18FN3S. The number of hydrogen-bond donors (Lipinski definition) is 1. The fourth-order valence-electron chi connectivity index (χ4n) is 2.89. The molecule has 0 spiro atoms. The smallest absolute Gasteiger partial charge is 0.178 e. The van der Waals surface area contributed by atoms with Crippen LogP contribution in [0.3, 0.4) is 0 Å². The number of imidazole rings is 1. The van der Waals surface area contributed by atoms with Gasteiger partial charge < -0.3 is 9.55 Å². The van der Waals surface area contributed by atoms with E-state index in [1.165, 1.54) is 18.9 Å². The number of rotatable bonds is 3. The van der Waals surface area contributed by atoms with E-state index in [-0.39, 0.29) is 5.82 Å². The summed E-state index contributed by atoms with van der Waals surface area (Å²) in [5.74, 6) is -0.240. The van der Waals surface area contributed by atoms with Gasteiger partial charge in [0, 0.05) is 12.6 Å². The van der Waals surface area contributed by atoms with Crippen molar-refractivity contribution >= 4 is 23.3 Å². The fourth-order valence-corrected chi connectivity index (χ4v) is 3.16. The number of H-pyrrole nitrogens is 1. The minimum Gasteiger partial charge on any atom is -0.328 e. The summed E-state index contributed by atoms with van der Waals surface area (Å²) in [6.07, 6.45) is 2.55. The van der Waals surface area contributed by atoms with Gasteiger partial charge in [-0.15, -0.1) is 0 Å². The van der Waals surface area contributed by atoms with Gasteiger partial charge in [0.1, 0.15) is 11.3 Å². The lowest BCUT2D eigenvalue weighted by atomic mass is 10.2. The highest BCUT2D eigenvalue weighted by atomic mass is 32.1. The zero-order chi connectivity index (χ0) is 13.4. The molecule has 1 saturated heterocycles. The van der Waals surface area contributed by atoms with Gasteiger partial charge in [-0.1, -0.05) is 6.07 Å². The molecule has 2 heterocycles. The summed E-state index contributed by atoms with van der Waals surface area (Å²) < 4.78 is 16.3. The van der Waals surface area contributed by atoms with E-state index in [4.69, 9.17) is 12.2 Å². The summed E-state index contributed by atoms with van der Waals surface area (Å²) in [5, 5.41) is 0. The third kappa shape index (κ3) is 2.32. The van der Waals surface area contributed by atoms with Crippen molar-refractivity contribution in [2.24, 2.45) is 0 Å². The first-order valence-electron chi connectivity index (χ1n) is 6.78. The largest absolute Gasteiger partial charge is 0.328 e. The highest BCUT2D eigenvalue weighted by molar-refractivity contribution is 7.71. The quantitative estimate of drug-likeness (QED) is 0.871. The standard InChI is InChI=1S/C14H18FN3S/c1-10(17-7-2-3-8-17)9-18-12-6-4-5-11(15)13(12)16-14(18)19/h4-6,10H,2-3,7-9H2,1H3,(H,16,19). The minimum absolute atomic E-state index is 0.240. The molecule has 5 heteroatoms. The topological polar surface area (TPSA) is 24.0 Å². The molecule has 1 atom stereocenters. The first-order valence-corrected chi connectivity index (χ1v) is 7.19. The normalized spacial score (nSPS) is 18.2. The van der Waals surface area contributed by atoms with Crippen LogP contribution in [-0.2, 0) is 6.54 Å². The Balaban J connectivity index is 1.94. The molecule has 1 aliphatic rings. The van der Waals surface area contributed by atoms with Crippen molar-refractivity contribution in [3.63, 3.8) is 0 Å². The molecule has 0 amide bonds. The molecule has 102 valence electrons. The summed E-state index contributed by atoms with van der Waals surface area (Å²) in [7, 11) is 0. The minimum atomic E-state index is -0.240. The lowest BCUT2D eigenvalue weighted by Gasteiger charge is -2.24. The van der Waals surface area contributed by atoms with Crippen LogP contribution >= 0.6 is 12.2 Å². The van der Waals surface area contributed by atoms with Crippen molar-refractivity contribution < 1.29 is 4.39 Å². The predicted octanol–water partition coefficient (Wildman–Crippen LogP) is 3.32. The SMILES string of the molecule is CC(Cn1c(=S)[nH]c2c(F)cccc21)N1CCCC1. The van der Waals surface area contributed by atoms with Crippen LogP contribution in [-0.4, -0.2) is 33.6 Å². The van der Waals surface area contributed by atoms with Gasteiger partial charge in [-0.25, -0.2) is 4.39 Å². The molecule has 19 heavy (non-hydrogen) atoms. The number of aromatic amines is 1. The number of aromatic nitrogens is 2. The molecule has 0 radical (unpaired) electrons. The van der Waals surface area contributed by atoms with Gasteiger partial charge in [0.2, 0.25) is 0 Å². The van der Waals surface area contributed by atoms with Gasteiger partial charge in [0.05, 0.1) is 5.52 Å². The third-order valence-electron chi connectivity index (χ3n) is 3.97. The number of benzene rings is 1. The summed E-state index contributed by atoms with van der Waals surface area (Å²) in [4.78, 5) is 5.45. The fraction of sp³-hybridized carbons (Fsp3) is 0.500. The Hall–Kier alpha value is -1.20. The second-order valence-corrected chi connectivity index (χ2v) is 5.65. The van der Waals surface area contributed by atoms with Crippen LogP contribution < -0.4 is 0 Å². The second kappa shape index (κ2) is 5.06. The first kappa shape index (κ1) is 12.8. The van der Waals surface area contributed by atoms with Crippen LogP contribution in [0.1, 0.15) is 19.8 Å². The maximum atomic E-state index is 13.7. The zero-order valence-corrected chi connectivity index (χ0v) is 11.8. The Kier molecular flexibility index (Phi) is 3.41. The molecule has 3 nitrogen and oxygen atoms in total. The van der Waals surface area contributed by atoms with E-state index in [1.807, 2.05) is 10.6 Å². The maximum Gasteiger partial charge on any atom is 0.178 e. The monoisotopic (exact) mass is 279 g/mol. The molecule has 0 saturated carbocycles. The molecule has 0 bridgehead atoms.